The number of fused-ring (bicyclic) bond motifs is 2. The first-order valence-electron chi connectivity index (χ1n) is 7.23. The van der Waals surface area contributed by atoms with Crippen LogP contribution in [-0.2, 0) is 0 Å². The fourth-order valence-corrected chi connectivity index (χ4v) is 2.68. The second-order valence-corrected chi connectivity index (χ2v) is 5.36. The maximum Gasteiger partial charge on any atom is 0.150 e. The van der Waals surface area contributed by atoms with Gasteiger partial charge in [-0.3, -0.25) is 19.2 Å². The number of benzene rings is 2. The Balaban J connectivity index is 2.19. The maximum atomic E-state index is 11.1. The van der Waals surface area contributed by atoms with E-state index >= 15 is 0 Å². The summed E-state index contributed by atoms with van der Waals surface area (Å²) in [7, 11) is 0. The fourth-order valence-electron chi connectivity index (χ4n) is 2.68. The minimum absolute atomic E-state index is 0.326. The van der Waals surface area contributed by atoms with Crippen molar-refractivity contribution >= 4 is 49.4 Å². The molecular weight excluding hydrogens is 304 g/mol. The van der Waals surface area contributed by atoms with Crippen molar-refractivity contribution in [1.29, 1.82) is 0 Å². The van der Waals surface area contributed by atoms with Crippen LogP contribution in [0.2, 0.25) is 0 Å². The third-order valence-corrected chi connectivity index (χ3v) is 3.97. The molecule has 0 aromatic heterocycles. The molecule has 0 radical (unpaired) electrons. The average molecular weight is 316 g/mol. The van der Waals surface area contributed by atoms with Crippen molar-refractivity contribution in [3.05, 3.63) is 68.8 Å². The summed E-state index contributed by atoms with van der Waals surface area (Å²) in [6.07, 6.45) is 9.85. The van der Waals surface area contributed by atoms with E-state index in [2.05, 4.69) is 0 Å². The van der Waals surface area contributed by atoms with E-state index in [4.69, 9.17) is 0 Å². The maximum absolute atomic E-state index is 11.1. The normalized spacial score (nSPS) is 14.3. The number of rotatable bonds is 4. The van der Waals surface area contributed by atoms with Crippen LogP contribution < -0.4 is 0 Å². The van der Waals surface area contributed by atoms with Crippen molar-refractivity contribution in [2.24, 2.45) is 0 Å². The van der Waals surface area contributed by atoms with Gasteiger partial charge in [-0.05, 0) is 46.5 Å². The minimum Gasteiger partial charge on any atom is -0.298 e. The summed E-state index contributed by atoms with van der Waals surface area (Å²) in [4.78, 5) is 44.4. The van der Waals surface area contributed by atoms with Gasteiger partial charge in [-0.15, -0.1) is 0 Å². The molecule has 0 N–H and O–H groups in total. The third-order valence-electron chi connectivity index (χ3n) is 3.97. The van der Waals surface area contributed by atoms with Crippen molar-refractivity contribution in [2.45, 2.75) is 0 Å². The molecule has 1 aliphatic rings. The molecule has 1 aliphatic carbocycles. The van der Waals surface area contributed by atoms with Crippen LogP contribution in [0.15, 0.2) is 24.3 Å². The molecule has 0 heterocycles. The van der Waals surface area contributed by atoms with Crippen molar-refractivity contribution in [3.8, 4) is 0 Å². The number of aldehydes is 4. The zero-order chi connectivity index (χ0) is 17.1. The Morgan fingerprint density at radius 3 is 0.792 bits per heavy atom. The fraction of sp³-hybridized carbons (Fsp3) is 0. The van der Waals surface area contributed by atoms with Gasteiger partial charge in [-0.2, -0.15) is 0 Å². The van der Waals surface area contributed by atoms with Gasteiger partial charge in [0.05, 0.1) is 0 Å². The third kappa shape index (κ3) is 2.65. The topological polar surface area (TPSA) is 68.3 Å². The van der Waals surface area contributed by atoms with Crippen LogP contribution in [-0.4, -0.2) is 25.1 Å². The molecule has 4 heteroatoms. The predicted octanol–water partition coefficient (Wildman–Crippen LogP) is 3.59. The first-order valence-corrected chi connectivity index (χ1v) is 7.23. The average Bonchev–Trinajstić information content (AvgIpc) is 2.62. The van der Waals surface area contributed by atoms with E-state index < -0.39 is 0 Å². The number of hydrogen-bond donors (Lipinski definition) is 0. The Bertz CT molecular complexity index is 782. The Hall–Kier alpha value is -3.40. The van der Waals surface area contributed by atoms with Gasteiger partial charge in [0.15, 0.2) is 25.1 Å². The van der Waals surface area contributed by atoms with Crippen LogP contribution in [0.3, 0.4) is 0 Å². The lowest BCUT2D eigenvalue weighted by atomic mass is 9.93. The molecule has 0 bridgehead atoms. The van der Waals surface area contributed by atoms with Gasteiger partial charge < -0.3 is 0 Å². The molecule has 2 aromatic carbocycles. The van der Waals surface area contributed by atoms with Gasteiger partial charge in [0.2, 0.25) is 0 Å². The highest BCUT2D eigenvalue weighted by Gasteiger charge is 2.10. The summed E-state index contributed by atoms with van der Waals surface area (Å²) >= 11 is 0. The Morgan fingerprint density at radius 1 is 0.417 bits per heavy atom. The van der Waals surface area contributed by atoms with Gasteiger partial charge in [-0.1, -0.05) is 24.3 Å². The van der Waals surface area contributed by atoms with Gasteiger partial charge in [-0.25, -0.2) is 0 Å². The minimum atomic E-state index is 0.326. The van der Waals surface area contributed by atoms with E-state index in [1.807, 2.05) is 24.3 Å². The van der Waals surface area contributed by atoms with Gasteiger partial charge in [0, 0.05) is 22.3 Å². The van der Waals surface area contributed by atoms with E-state index in [9.17, 15) is 19.2 Å². The highest BCUT2D eigenvalue weighted by molar-refractivity contribution is 5.97. The van der Waals surface area contributed by atoms with Crippen LogP contribution in [0.1, 0.15) is 63.7 Å². The first-order chi connectivity index (χ1) is 11.7. The zero-order valence-corrected chi connectivity index (χ0v) is 12.6. The Labute approximate surface area is 138 Å². The molecule has 0 saturated carbocycles. The second kappa shape index (κ2) is 6.38. The number of carbonyl (C=O) groups is 4. The van der Waals surface area contributed by atoms with E-state index in [0.717, 1.165) is 22.3 Å². The van der Waals surface area contributed by atoms with E-state index in [1.54, 1.807) is 24.3 Å². The van der Waals surface area contributed by atoms with E-state index in [1.165, 1.54) is 0 Å². The molecule has 0 fully saturated rings. The lowest BCUT2D eigenvalue weighted by molar-refractivity contribution is 0.109. The number of carbonyl (C=O) groups excluding carboxylic acids is 4. The molecule has 0 spiro atoms. The summed E-state index contributed by atoms with van der Waals surface area (Å²) in [5, 5.41) is 0. The SMILES string of the molecule is O=Cc1cc2c(cc1C=O)/C=C\c1cc(C=O)c(C=O)cc1/C=C\2. The van der Waals surface area contributed by atoms with Crippen LogP contribution in [0, 0.1) is 0 Å². The Kier molecular flexibility index (Phi) is 4.12. The van der Waals surface area contributed by atoms with Gasteiger partial charge >= 0.3 is 0 Å². The lowest BCUT2D eigenvalue weighted by Gasteiger charge is -2.11. The summed E-state index contributed by atoms with van der Waals surface area (Å²) < 4.78 is 0. The zero-order valence-electron chi connectivity index (χ0n) is 12.6. The van der Waals surface area contributed by atoms with Crippen molar-refractivity contribution < 1.29 is 19.2 Å². The molecule has 116 valence electrons. The molecule has 2 aromatic rings. The summed E-state index contributed by atoms with van der Waals surface area (Å²) in [5.41, 5.74) is 4.46. The smallest absolute Gasteiger partial charge is 0.150 e. The highest BCUT2D eigenvalue weighted by Crippen LogP contribution is 2.26. The largest absolute Gasteiger partial charge is 0.298 e. The molecular formula is C20H12O4. The van der Waals surface area contributed by atoms with Crippen molar-refractivity contribution in [2.75, 3.05) is 0 Å². The Morgan fingerprint density at radius 2 is 0.625 bits per heavy atom. The molecule has 0 amide bonds. The molecule has 0 saturated heterocycles. The van der Waals surface area contributed by atoms with Crippen molar-refractivity contribution in [3.63, 3.8) is 0 Å². The summed E-state index contributed by atoms with van der Waals surface area (Å²) in [6.45, 7) is 0. The standard InChI is InChI=1S/C20H12O4/c21-9-17-5-13-1-2-14-6-18(10-22)20(12-24)8-16(14)4-3-15(13)7-19(17)11-23/h1-12H/b2-1-,4-3-,13-1?,14-2?,15-3?,16-4?. The van der Waals surface area contributed by atoms with E-state index in [-0.39, 0.29) is 0 Å². The molecule has 4 nitrogen and oxygen atoms in total. The summed E-state index contributed by atoms with van der Waals surface area (Å²) in [6, 6.07) is 6.60. The van der Waals surface area contributed by atoms with Crippen molar-refractivity contribution in [1.82, 2.24) is 0 Å². The van der Waals surface area contributed by atoms with Crippen LogP contribution in [0.5, 0.6) is 0 Å². The predicted molar refractivity (Wildman–Crippen MR) is 92.3 cm³/mol. The van der Waals surface area contributed by atoms with Gasteiger partial charge in [0.1, 0.15) is 0 Å². The molecule has 0 aliphatic heterocycles. The van der Waals surface area contributed by atoms with Crippen LogP contribution >= 0.6 is 0 Å². The molecule has 24 heavy (non-hydrogen) atoms. The van der Waals surface area contributed by atoms with E-state index in [0.29, 0.717) is 47.4 Å². The van der Waals surface area contributed by atoms with Crippen LogP contribution in [0.4, 0.5) is 0 Å². The molecule has 3 rings (SSSR count). The first kappa shape index (κ1) is 15.5. The highest BCUT2D eigenvalue weighted by atomic mass is 16.1. The van der Waals surface area contributed by atoms with Crippen LogP contribution in [0.25, 0.3) is 24.3 Å². The molecule has 0 atom stereocenters. The summed E-state index contributed by atoms with van der Waals surface area (Å²) in [5.74, 6) is 0. The lowest BCUT2D eigenvalue weighted by Crippen LogP contribution is -1.97. The number of hydrogen-bond acceptors (Lipinski definition) is 4. The molecule has 0 unspecified atom stereocenters. The quantitative estimate of drug-likeness (QED) is 0.690. The van der Waals surface area contributed by atoms with Gasteiger partial charge in [0.25, 0.3) is 0 Å². The second-order valence-electron chi connectivity index (χ2n) is 5.36. The monoisotopic (exact) mass is 316 g/mol.